The van der Waals surface area contributed by atoms with Gasteiger partial charge in [0.05, 0.1) is 5.69 Å². The predicted octanol–water partition coefficient (Wildman–Crippen LogP) is 1.65. The molecule has 0 amide bonds. The first-order chi connectivity index (χ1) is 8.22. The minimum absolute atomic E-state index is 0.191. The van der Waals surface area contributed by atoms with Crippen LogP contribution in [-0.2, 0) is 5.41 Å². The first kappa shape index (κ1) is 10.5. The van der Waals surface area contributed by atoms with Crippen LogP contribution in [-0.4, -0.2) is 20.8 Å². The summed E-state index contributed by atoms with van der Waals surface area (Å²) in [6, 6.07) is 8.64. The molecular weight excluding hydrogens is 212 g/mol. The fourth-order valence-electron chi connectivity index (χ4n) is 2.44. The lowest BCUT2D eigenvalue weighted by Gasteiger charge is -2.20. The van der Waals surface area contributed by atoms with Crippen LogP contribution in [0.3, 0.4) is 0 Å². The zero-order valence-corrected chi connectivity index (χ0v) is 9.87. The number of nitrogens with zero attached hydrogens (tertiary/aromatic N) is 3. The first-order valence-electron chi connectivity index (χ1n) is 5.93. The molecule has 17 heavy (non-hydrogen) atoms. The Morgan fingerprint density at radius 1 is 1.41 bits per heavy atom. The number of benzene rings is 1. The molecule has 3 rings (SSSR count). The van der Waals surface area contributed by atoms with Gasteiger partial charge in [-0.2, -0.15) is 5.10 Å². The Bertz CT molecular complexity index is 512. The van der Waals surface area contributed by atoms with Crippen LogP contribution in [0.25, 0.3) is 5.69 Å². The Labute approximate surface area is 100 Å². The maximum absolute atomic E-state index is 6.10. The van der Waals surface area contributed by atoms with Gasteiger partial charge in [0, 0.05) is 11.5 Å². The highest BCUT2D eigenvalue weighted by molar-refractivity contribution is 5.42. The van der Waals surface area contributed by atoms with E-state index in [-0.39, 0.29) is 11.5 Å². The average molecular weight is 228 g/mol. The molecule has 4 heteroatoms. The van der Waals surface area contributed by atoms with Gasteiger partial charge in [-0.25, -0.2) is 9.67 Å². The molecule has 1 aromatic heterocycles. The van der Waals surface area contributed by atoms with E-state index in [0.29, 0.717) is 0 Å². The summed E-state index contributed by atoms with van der Waals surface area (Å²) in [6.45, 7) is 2.09. The first-order valence-corrected chi connectivity index (χ1v) is 5.93. The Kier molecular flexibility index (Phi) is 2.26. The van der Waals surface area contributed by atoms with Crippen LogP contribution in [0.2, 0.25) is 0 Å². The summed E-state index contributed by atoms with van der Waals surface area (Å²) in [7, 11) is 0. The quantitative estimate of drug-likeness (QED) is 0.869. The van der Waals surface area contributed by atoms with Crippen molar-refractivity contribution in [1.29, 1.82) is 0 Å². The highest BCUT2D eigenvalue weighted by Crippen LogP contribution is 2.50. The third kappa shape index (κ3) is 1.65. The lowest BCUT2D eigenvalue weighted by Crippen LogP contribution is -2.31. The van der Waals surface area contributed by atoms with Crippen molar-refractivity contribution < 1.29 is 0 Å². The van der Waals surface area contributed by atoms with Crippen molar-refractivity contribution in [2.24, 2.45) is 5.73 Å². The van der Waals surface area contributed by atoms with E-state index in [0.717, 1.165) is 5.69 Å². The predicted molar refractivity (Wildman–Crippen MR) is 65.9 cm³/mol. The summed E-state index contributed by atoms with van der Waals surface area (Å²) in [5.41, 5.74) is 8.66. The molecule has 1 heterocycles. The lowest BCUT2D eigenvalue weighted by molar-refractivity contribution is 0.556. The standard InChI is InChI=1S/C13H16N4/c1-10(14)13(5-6-13)11-3-2-4-12(7-11)17-9-15-8-16-17/h2-4,7-10H,5-6,14H2,1H3. The second-order valence-electron chi connectivity index (χ2n) is 4.84. The van der Waals surface area contributed by atoms with E-state index in [1.54, 1.807) is 17.3 Å². The highest BCUT2D eigenvalue weighted by atomic mass is 15.3. The van der Waals surface area contributed by atoms with Crippen molar-refractivity contribution in [3.8, 4) is 5.69 Å². The van der Waals surface area contributed by atoms with Gasteiger partial charge in [-0.1, -0.05) is 12.1 Å². The minimum Gasteiger partial charge on any atom is -0.327 e. The molecule has 0 radical (unpaired) electrons. The van der Waals surface area contributed by atoms with Crippen molar-refractivity contribution >= 4 is 0 Å². The van der Waals surface area contributed by atoms with Gasteiger partial charge in [0.1, 0.15) is 12.7 Å². The minimum atomic E-state index is 0.191. The molecule has 1 aromatic carbocycles. The molecule has 0 spiro atoms. The average Bonchev–Trinajstić information content (AvgIpc) is 2.98. The molecule has 0 bridgehead atoms. The summed E-state index contributed by atoms with van der Waals surface area (Å²) in [5, 5.41) is 4.15. The second-order valence-corrected chi connectivity index (χ2v) is 4.84. The molecule has 1 aliphatic rings. The Balaban J connectivity index is 2.01. The fourth-order valence-corrected chi connectivity index (χ4v) is 2.44. The van der Waals surface area contributed by atoms with Gasteiger partial charge >= 0.3 is 0 Å². The molecule has 4 nitrogen and oxygen atoms in total. The molecular formula is C13H16N4. The van der Waals surface area contributed by atoms with Crippen molar-refractivity contribution in [1.82, 2.24) is 14.8 Å². The Hall–Kier alpha value is -1.68. The van der Waals surface area contributed by atoms with E-state index in [1.807, 2.05) is 6.07 Å². The summed E-state index contributed by atoms with van der Waals surface area (Å²) in [5.74, 6) is 0. The van der Waals surface area contributed by atoms with Crippen molar-refractivity contribution in [3.63, 3.8) is 0 Å². The number of nitrogens with two attached hydrogens (primary N) is 1. The smallest absolute Gasteiger partial charge is 0.138 e. The zero-order valence-electron chi connectivity index (χ0n) is 9.87. The van der Waals surface area contributed by atoms with E-state index < -0.39 is 0 Å². The van der Waals surface area contributed by atoms with Crippen LogP contribution < -0.4 is 5.73 Å². The van der Waals surface area contributed by atoms with Gasteiger partial charge in [-0.15, -0.1) is 0 Å². The second kappa shape index (κ2) is 3.67. The van der Waals surface area contributed by atoms with Crippen LogP contribution in [0.1, 0.15) is 25.3 Å². The van der Waals surface area contributed by atoms with Gasteiger partial charge in [0.2, 0.25) is 0 Å². The molecule has 2 aromatic rings. The Morgan fingerprint density at radius 2 is 2.24 bits per heavy atom. The van der Waals surface area contributed by atoms with Crippen LogP contribution in [0.5, 0.6) is 0 Å². The van der Waals surface area contributed by atoms with Gasteiger partial charge in [0.25, 0.3) is 0 Å². The maximum atomic E-state index is 6.10. The monoisotopic (exact) mass is 228 g/mol. The van der Waals surface area contributed by atoms with Crippen molar-refractivity contribution in [2.45, 2.75) is 31.2 Å². The molecule has 88 valence electrons. The largest absolute Gasteiger partial charge is 0.327 e. The molecule has 1 fully saturated rings. The normalized spacial score (nSPS) is 18.9. The van der Waals surface area contributed by atoms with E-state index in [4.69, 9.17) is 5.73 Å². The van der Waals surface area contributed by atoms with Crippen LogP contribution in [0, 0.1) is 0 Å². The van der Waals surface area contributed by atoms with E-state index in [2.05, 4.69) is 35.2 Å². The zero-order chi connectivity index (χ0) is 11.9. The summed E-state index contributed by atoms with van der Waals surface area (Å²) >= 11 is 0. The fraction of sp³-hybridized carbons (Fsp3) is 0.385. The summed E-state index contributed by atoms with van der Waals surface area (Å²) < 4.78 is 1.78. The van der Waals surface area contributed by atoms with Gasteiger partial charge < -0.3 is 5.73 Å². The molecule has 0 saturated heterocycles. The third-order valence-corrected chi connectivity index (χ3v) is 3.76. The van der Waals surface area contributed by atoms with Crippen molar-refractivity contribution in [2.75, 3.05) is 0 Å². The van der Waals surface area contributed by atoms with Crippen LogP contribution in [0.15, 0.2) is 36.9 Å². The number of hydrogen-bond donors (Lipinski definition) is 1. The van der Waals surface area contributed by atoms with Crippen molar-refractivity contribution in [3.05, 3.63) is 42.5 Å². The van der Waals surface area contributed by atoms with Gasteiger partial charge in [0.15, 0.2) is 0 Å². The van der Waals surface area contributed by atoms with E-state index >= 15 is 0 Å². The summed E-state index contributed by atoms with van der Waals surface area (Å²) in [6.07, 6.45) is 5.63. The van der Waals surface area contributed by atoms with Crippen LogP contribution in [0.4, 0.5) is 0 Å². The SMILES string of the molecule is CC(N)C1(c2cccc(-n3cncn3)c2)CC1. The maximum Gasteiger partial charge on any atom is 0.138 e. The summed E-state index contributed by atoms with van der Waals surface area (Å²) in [4.78, 5) is 3.97. The lowest BCUT2D eigenvalue weighted by atomic mass is 9.89. The molecule has 1 aliphatic carbocycles. The number of hydrogen-bond acceptors (Lipinski definition) is 3. The van der Waals surface area contributed by atoms with Gasteiger partial charge in [-0.3, -0.25) is 0 Å². The molecule has 1 atom stereocenters. The third-order valence-electron chi connectivity index (χ3n) is 3.76. The topological polar surface area (TPSA) is 56.7 Å². The van der Waals surface area contributed by atoms with E-state index in [1.165, 1.54) is 18.4 Å². The Morgan fingerprint density at radius 3 is 2.82 bits per heavy atom. The number of rotatable bonds is 3. The molecule has 0 aliphatic heterocycles. The highest BCUT2D eigenvalue weighted by Gasteiger charge is 2.47. The van der Waals surface area contributed by atoms with Gasteiger partial charge in [-0.05, 0) is 37.5 Å². The molecule has 1 saturated carbocycles. The van der Waals surface area contributed by atoms with Crippen LogP contribution >= 0.6 is 0 Å². The van der Waals surface area contributed by atoms with E-state index in [9.17, 15) is 0 Å². The molecule has 1 unspecified atom stereocenters. The molecule has 2 N–H and O–H groups in total. The number of aromatic nitrogens is 3.